The van der Waals surface area contributed by atoms with E-state index in [1.54, 1.807) is 19.1 Å². The molecule has 8 heteroatoms. The summed E-state index contributed by atoms with van der Waals surface area (Å²) in [4.78, 5) is -0.265. The lowest BCUT2D eigenvalue weighted by Crippen LogP contribution is -2.12. The van der Waals surface area contributed by atoms with Crippen molar-refractivity contribution in [2.45, 2.75) is 30.1 Å². The van der Waals surface area contributed by atoms with Gasteiger partial charge in [0.15, 0.2) is 9.84 Å². The van der Waals surface area contributed by atoms with Gasteiger partial charge in [0.1, 0.15) is 10.6 Å². The number of aryl methyl sites for hydroxylation is 2. The fourth-order valence-corrected chi connectivity index (χ4v) is 4.28. The summed E-state index contributed by atoms with van der Waals surface area (Å²) in [7, 11) is -7.70. The number of hydrogen-bond donors (Lipinski definition) is 0. The Morgan fingerprint density at radius 3 is 2.29 bits per heavy atom. The zero-order chi connectivity index (χ0) is 18.1. The maximum Gasteiger partial charge on any atom is 0.339 e. The molecule has 0 amide bonds. The fourth-order valence-electron chi connectivity index (χ4n) is 2.13. The van der Waals surface area contributed by atoms with Crippen LogP contribution in [0.15, 0.2) is 46.2 Å². The summed E-state index contributed by atoms with van der Waals surface area (Å²) in [5.41, 5.74) is 1.15. The lowest BCUT2D eigenvalue weighted by molar-refractivity contribution is 0.485. The Kier molecular flexibility index (Phi) is 5.27. The normalized spacial score (nSPS) is 12.2. The summed E-state index contributed by atoms with van der Waals surface area (Å²) in [6, 6.07) is 8.47. The van der Waals surface area contributed by atoms with Crippen molar-refractivity contribution in [3.63, 3.8) is 0 Å². The van der Waals surface area contributed by atoms with E-state index < -0.39 is 20.0 Å². The van der Waals surface area contributed by atoms with E-state index in [2.05, 4.69) is 0 Å². The molecule has 24 heavy (non-hydrogen) atoms. The van der Waals surface area contributed by atoms with Crippen LogP contribution in [0.2, 0.25) is 5.02 Å². The highest BCUT2D eigenvalue weighted by Gasteiger charge is 2.22. The van der Waals surface area contributed by atoms with Crippen LogP contribution in [0.25, 0.3) is 0 Å². The molecule has 2 aromatic carbocycles. The van der Waals surface area contributed by atoms with Gasteiger partial charge in [0, 0.05) is 11.3 Å². The van der Waals surface area contributed by atoms with Gasteiger partial charge in [0.25, 0.3) is 0 Å². The minimum absolute atomic E-state index is 0.0828. The predicted octanol–water partition coefficient (Wildman–Crippen LogP) is 3.38. The Hall–Kier alpha value is -1.57. The highest BCUT2D eigenvalue weighted by molar-refractivity contribution is 7.90. The van der Waals surface area contributed by atoms with Gasteiger partial charge in [-0.15, -0.1) is 0 Å². The number of halogens is 1. The van der Waals surface area contributed by atoms with Crippen LogP contribution in [-0.4, -0.2) is 23.1 Å². The number of sulfone groups is 1. The number of rotatable bonds is 5. The monoisotopic (exact) mass is 388 g/mol. The lowest BCUT2D eigenvalue weighted by atomic mass is 10.2. The second-order valence-corrected chi connectivity index (χ2v) is 9.28. The van der Waals surface area contributed by atoms with Crippen molar-refractivity contribution in [2.24, 2.45) is 0 Å². The van der Waals surface area contributed by atoms with Crippen LogP contribution in [0.3, 0.4) is 0 Å². The zero-order valence-corrected chi connectivity index (χ0v) is 15.8. The molecule has 0 spiro atoms. The summed E-state index contributed by atoms with van der Waals surface area (Å²) < 4.78 is 53.5. The number of hydrogen-bond acceptors (Lipinski definition) is 5. The smallest absolute Gasteiger partial charge is 0.339 e. The average molecular weight is 389 g/mol. The molecule has 0 saturated heterocycles. The van der Waals surface area contributed by atoms with Gasteiger partial charge in [-0.05, 0) is 54.8 Å². The maximum atomic E-state index is 12.5. The van der Waals surface area contributed by atoms with Crippen molar-refractivity contribution in [2.75, 3.05) is 6.26 Å². The molecular formula is C16H17ClO5S2. The molecule has 0 saturated carbocycles. The van der Waals surface area contributed by atoms with E-state index in [0.29, 0.717) is 17.0 Å². The summed E-state index contributed by atoms with van der Waals surface area (Å²) in [6.45, 7) is 3.46. The highest BCUT2D eigenvalue weighted by Crippen LogP contribution is 2.27. The van der Waals surface area contributed by atoms with E-state index in [0.717, 1.165) is 17.9 Å². The zero-order valence-electron chi connectivity index (χ0n) is 13.4. The van der Waals surface area contributed by atoms with E-state index in [1.807, 2.05) is 6.92 Å². The Labute approximate surface area is 147 Å². The average Bonchev–Trinajstić information content (AvgIpc) is 2.48. The van der Waals surface area contributed by atoms with Gasteiger partial charge in [0.05, 0.1) is 4.90 Å². The molecule has 0 atom stereocenters. The second kappa shape index (κ2) is 6.74. The molecule has 0 radical (unpaired) electrons. The van der Waals surface area contributed by atoms with E-state index in [1.165, 1.54) is 18.2 Å². The summed E-state index contributed by atoms with van der Waals surface area (Å²) in [5, 5.41) is 0.525. The molecule has 0 N–H and O–H groups in total. The van der Waals surface area contributed by atoms with Crippen molar-refractivity contribution in [3.8, 4) is 5.75 Å². The predicted molar refractivity (Wildman–Crippen MR) is 92.9 cm³/mol. The first kappa shape index (κ1) is 18.8. The van der Waals surface area contributed by atoms with Gasteiger partial charge in [-0.3, -0.25) is 0 Å². The van der Waals surface area contributed by atoms with E-state index in [9.17, 15) is 16.8 Å². The third-order valence-electron chi connectivity index (χ3n) is 3.46. The highest BCUT2D eigenvalue weighted by atomic mass is 35.5. The first-order valence-corrected chi connectivity index (χ1v) is 10.8. The molecular weight excluding hydrogens is 372 g/mol. The second-order valence-electron chi connectivity index (χ2n) is 5.34. The van der Waals surface area contributed by atoms with Gasteiger partial charge in [0.2, 0.25) is 0 Å². The molecule has 5 nitrogen and oxygen atoms in total. The molecule has 0 heterocycles. The quantitative estimate of drug-likeness (QED) is 0.734. The minimum atomic E-state index is -4.17. The third-order valence-corrected chi connectivity index (χ3v) is 6.33. The van der Waals surface area contributed by atoms with Crippen molar-refractivity contribution < 1.29 is 21.0 Å². The Morgan fingerprint density at radius 2 is 1.71 bits per heavy atom. The molecule has 0 unspecified atom stereocenters. The van der Waals surface area contributed by atoms with Crippen LogP contribution in [0, 0.1) is 6.92 Å². The van der Waals surface area contributed by atoms with Gasteiger partial charge in [-0.2, -0.15) is 8.42 Å². The van der Waals surface area contributed by atoms with E-state index >= 15 is 0 Å². The molecule has 0 fully saturated rings. The standard InChI is InChI=1S/C16H17ClO5S2/c1-4-12-9-13(6-8-15(12)17)22-24(20,21)16-10-14(23(3,18)19)7-5-11(16)2/h5-10H,4H2,1-3H3. The molecule has 0 aromatic heterocycles. The van der Waals surface area contributed by atoms with Crippen molar-refractivity contribution in [1.29, 1.82) is 0 Å². The first-order chi connectivity index (χ1) is 11.0. The van der Waals surface area contributed by atoms with E-state index in [4.69, 9.17) is 15.8 Å². The topological polar surface area (TPSA) is 77.5 Å². The van der Waals surface area contributed by atoms with Crippen LogP contribution in [0.1, 0.15) is 18.1 Å². The van der Waals surface area contributed by atoms with Crippen LogP contribution >= 0.6 is 11.6 Å². The summed E-state index contributed by atoms with van der Waals surface area (Å²) in [5.74, 6) is 0.125. The summed E-state index contributed by atoms with van der Waals surface area (Å²) >= 11 is 6.01. The Balaban J connectivity index is 2.48. The molecule has 0 aliphatic heterocycles. The van der Waals surface area contributed by atoms with Crippen molar-refractivity contribution in [1.82, 2.24) is 0 Å². The van der Waals surface area contributed by atoms with Gasteiger partial charge in [-0.1, -0.05) is 24.6 Å². The lowest BCUT2D eigenvalue weighted by Gasteiger charge is -2.12. The molecule has 2 aromatic rings. The van der Waals surface area contributed by atoms with Crippen molar-refractivity contribution in [3.05, 3.63) is 52.5 Å². The van der Waals surface area contributed by atoms with Gasteiger partial charge < -0.3 is 4.18 Å². The summed E-state index contributed by atoms with van der Waals surface area (Å²) in [6.07, 6.45) is 1.64. The SMILES string of the molecule is CCc1cc(OS(=O)(=O)c2cc(S(C)(=O)=O)ccc2C)ccc1Cl. The van der Waals surface area contributed by atoms with Crippen LogP contribution in [0.5, 0.6) is 5.75 Å². The molecule has 0 aliphatic carbocycles. The Bertz CT molecular complexity index is 980. The van der Waals surface area contributed by atoms with Crippen LogP contribution in [0.4, 0.5) is 0 Å². The van der Waals surface area contributed by atoms with Crippen LogP contribution < -0.4 is 4.18 Å². The maximum absolute atomic E-state index is 12.5. The fraction of sp³-hybridized carbons (Fsp3) is 0.250. The first-order valence-electron chi connectivity index (χ1n) is 7.08. The van der Waals surface area contributed by atoms with Gasteiger partial charge in [-0.25, -0.2) is 8.42 Å². The van der Waals surface area contributed by atoms with E-state index in [-0.39, 0.29) is 15.5 Å². The van der Waals surface area contributed by atoms with Crippen molar-refractivity contribution >= 4 is 31.6 Å². The molecule has 130 valence electrons. The molecule has 0 bridgehead atoms. The van der Waals surface area contributed by atoms with Gasteiger partial charge >= 0.3 is 10.1 Å². The molecule has 0 aliphatic rings. The molecule has 2 rings (SSSR count). The largest absolute Gasteiger partial charge is 0.379 e. The Morgan fingerprint density at radius 1 is 1.04 bits per heavy atom. The van der Waals surface area contributed by atoms with Crippen LogP contribution in [-0.2, 0) is 26.4 Å². The number of benzene rings is 2. The third kappa shape index (κ3) is 4.09. The minimum Gasteiger partial charge on any atom is -0.379 e.